The fourth-order valence-electron chi connectivity index (χ4n) is 0. The zero-order valence-corrected chi connectivity index (χ0v) is 11.9. The molecule has 0 fully saturated rings. The predicted octanol–water partition coefficient (Wildman–Crippen LogP) is -10.5. The molecule has 0 bridgehead atoms. The molecule has 0 rings (SSSR count). The molecule has 2 radical (unpaired) electrons. The molecular weight excluding hydrogens is 610 g/mol. The first-order valence-corrected chi connectivity index (χ1v) is 3.20. The Morgan fingerprint density at radius 2 is 0.400 bits per heavy atom. The second-order valence-corrected chi connectivity index (χ2v) is 1.72. The fourth-order valence-corrected chi connectivity index (χ4v) is 0. The summed E-state index contributed by atoms with van der Waals surface area (Å²) in [4.78, 5) is 53.6. The Morgan fingerprint density at radius 1 is 0.350 bits per heavy atom. The third-order valence-electron chi connectivity index (χ3n) is 0.500. The minimum Gasteiger partial charge on any atom is -0.543 e. The van der Waals surface area contributed by atoms with Gasteiger partial charge in [0.25, 0.3) is 0 Å². The first kappa shape index (κ1) is 32.0. The van der Waals surface area contributed by atoms with Crippen molar-refractivity contribution < 1.29 is 153 Å². The summed E-state index contributed by atoms with van der Waals surface area (Å²) in [6, 6.07) is 0. The van der Waals surface area contributed by atoms with E-state index < -0.39 is 35.8 Å². The van der Waals surface area contributed by atoms with Gasteiger partial charge in [0, 0.05) is 0 Å². The van der Waals surface area contributed by atoms with Crippen LogP contribution in [0.4, 0.5) is 0 Å². The molecule has 12 nitrogen and oxygen atoms in total. The van der Waals surface area contributed by atoms with Crippen molar-refractivity contribution in [1.82, 2.24) is 0 Å². The van der Waals surface area contributed by atoms with Gasteiger partial charge in [0.15, 0.2) is 0 Å². The Labute approximate surface area is 186 Å². The number of aliphatic carboxylic acids is 6. The quantitative estimate of drug-likeness (QED) is 0.232. The Balaban J connectivity index is -0.0000000536. The minimum atomic E-state index is -2.19. The summed E-state index contributed by atoms with van der Waals surface area (Å²) in [6.45, 7) is 0. The van der Waals surface area contributed by atoms with Gasteiger partial charge in [-0.1, -0.05) is 0 Å². The monoisotopic (exact) mass is 612 g/mol. The number of hydrogen-bond donors (Lipinski definition) is 0. The zero-order chi connectivity index (χ0) is 15.5. The van der Waals surface area contributed by atoms with Crippen LogP contribution in [-0.4, -0.2) is 35.8 Å². The van der Waals surface area contributed by atoms with Crippen LogP contribution in [0.15, 0.2) is 0 Å². The molecular formula is C6O12Yb2. The van der Waals surface area contributed by atoms with Crippen LogP contribution in [0.2, 0.25) is 0 Å². The molecule has 124 valence electrons. The van der Waals surface area contributed by atoms with Crippen molar-refractivity contribution in [2.75, 3.05) is 0 Å². The van der Waals surface area contributed by atoms with Gasteiger partial charge in [0.1, 0.15) is 0 Å². The van der Waals surface area contributed by atoms with Gasteiger partial charge in [-0.2, -0.15) is 0 Å². The van der Waals surface area contributed by atoms with Gasteiger partial charge in [-0.3, -0.25) is 0 Å². The van der Waals surface area contributed by atoms with E-state index in [9.17, 15) is 0 Å². The van der Waals surface area contributed by atoms with Crippen LogP contribution < -0.4 is 30.6 Å². The van der Waals surface area contributed by atoms with Crippen molar-refractivity contribution in [3.05, 3.63) is 0 Å². The Bertz CT molecular complexity index is 281. The van der Waals surface area contributed by atoms with Gasteiger partial charge in [-0.15, -0.1) is 0 Å². The third-order valence-corrected chi connectivity index (χ3v) is 0.500. The maximum atomic E-state index is 8.93. The van der Waals surface area contributed by atoms with E-state index in [0.717, 1.165) is 0 Å². The molecule has 14 heteroatoms. The number of carbonyl (C=O) groups is 6. The van der Waals surface area contributed by atoms with Crippen molar-refractivity contribution >= 4 is 35.8 Å². The van der Waals surface area contributed by atoms with Crippen molar-refractivity contribution in [3.63, 3.8) is 0 Å². The van der Waals surface area contributed by atoms with E-state index in [1.165, 1.54) is 0 Å². The average molecular weight is 610 g/mol. The van der Waals surface area contributed by atoms with Crippen LogP contribution in [-0.2, 0) is 28.8 Å². The Morgan fingerprint density at radius 3 is 0.400 bits per heavy atom. The average Bonchev–Trinajstić information content (AvgIpc) is 2.18. The van der Waals surface area contributed by atoms with Gasteiger partial charge in [0.2, 0.25) is 0 Å². The van der Waals surface area contributed by atoms with Crippen molar-refractivity contribution in [3.8, 4) is 0 Å². The van der Waals surface area contributed by atoms with Gasteiger partial charge in [0.05, 0.1) is 35.8 Å². The maximum absolute atomic E-state index is 8.93. The molecule has 0 aromatic heterocycles. The van der Waals surface area contributed by atoms with Gasteiger partial charge >= 0.3 is 93.8 Å². The summed E-state index contributed by atoms with van der Waals surface area (Å²) < 4.78 is 0. The molecule has 0 heterocycles. The zero-order valence-electron chi connectivity index (χ0n) is 8.43. The molecule has 0 N–H and O–H groups in total. The smallest absolute Gasteiger partial charge is 0.543 e. The second-order valence-electron chi connectivity index (χ2n) is 1.72. The molecule has 0 aliphatic rings. The molecule has 0 aromatic rings. The van der Waals surface area contributed by atoms with Crippen LogP contribution in [0.5, 0.6) is 0 Å². The number of carboxylic acid groups (broad SMARTS) is 6. The number of hydrogen-bond acceptors (Lipinski definition) is 12. The summed E-state index contributed by atoms with van der Waals surface area (Å²) >= 11 is 0. The molecule has 0 unspecified atom stereocenters. The van der Waals surface area contributed by atoms with Gasteiger partial charge in [-0.25, -0.2) is 0 Å². The summed E-state index contributed by atoms with van der Waals surface area (Å²) in [7, 11) is 0. The van der Waals surface area contributed by atoms with Gasteiger partial charge < -0.3 is 59.4 Å². The predicted molar refractivity (Wildman–Crippen MR) is 30.0 cm³/mol. The fraction of sp³-hybridized carbons (Fsp3) is 0. The van der Waals surface area contributed by atoms with E-state index in [1.807, 2.05) is 0 Å². The van der Waals surface area contributed by atoms with Crippen LogP contribution in [0.3, 0.4) is 0 Å². The standard InChI is InChI=1S/3C2H2O4.2Yb/c3*3-1(4)2(5)6;;/h3*(H,3,4)(H,5,6);;/q;;;2*+3/p-6. The summed E-state index contributed by atoms with van der Waals surface area (Å²) in [6.07, 6.45) is 0. The van der Waals surface area contributed by atoms with Crippen LogP contribution in [0.25, 0.3) is 0 Å². The van der Waals surface area contributed by atoms with E-state index in [-0.39, 0.29) is 93.8 Å². The normalized spacial score (nSPS) is 6.60. The second kappa shape index (κ2) is 18.9. The van der Waals surface area contributed by atoms with Gasteiger partial charge in [-0.05, 0) is 0 Å². The molecule has 0 saturated heterocycles. The molecule has 0 amide bonds. The van der Waals surface area contributed by atoms with Crippen LogP contribution in [0.1, 0.15) is 0 Å². The SMILES string of the molecule is O=C([O-])C(=O)[O-].O=C([O-])C(=O)[O-].O=C([O-])C(=O)[O-].[Yb+3].[Yb+3]. The molecule has 20 heavy (non-hydrogen) atoms. The molecule has 0 saturated carbocycles. The van der Waals surface area contributed by atoms with E-state index in [4.69, 9.17) is 59.4 Å². The van der Waals surface area contributed by atoms with Crippen LogP contribution in [0, 0.1) is 93.8 Å². The van der Waals surface area contributed by atoms with Crippen molar-refractivity contribution in [2.45, 2.75) is 0 Å². The first-order chi connectivity index (χ1) is 7.93. The number of carbonyl (C=O) groups excluding carboxylic acids is 6. The minimum absolute atomic E-state index is 0. The maximum Gasteiger partial charge on any atom is 3.00 e. The van der Waals surface area contributed by atoms with E-state index >= 15 is 0 Å². The Kier molecular flexibility index (Phi) is 30.2. The molecule has 0 atom stereocenters. The van der Waals surface area contributed by atoms with Crippen molar-refractivity contribution in [2.24, 2.45) is 0 Å². The summed E-state index contributed by atoms with van der Waals surface area (Å²) in [5, 5.41) is 53.6. The molecule has 0 aliphatic heterocycles. The first-order valence-electron chi connectivity index (χ1n) is 3.20. The molecule has 0 aromatic carbocycles. The third kappa shape index (κ3) is 36.1. The number of carboxylic acids is 6. The van der Waals surface area contributed by atoms with Crippen molar-refractivity contribution in [1.29, 1.82) is 0 Å². The Hall–Kier alpha value is -0.141. The van der Waals surface area contributed by atoms with Crippen LogP contribution >= 0.6 is 0 Å². The number of rotatable bonds is 0. The van der Waals surface area contributed by atoms with E-state index in [0.29, 0.717) is 0 Å². The summed E-state index contributed by atoms with van der Waals surface area (Å²) in [5.74, 6) is -13.1. The summed E-state index contributed by atoms with van der Waals surface area (Å²) in [5.41, 5.74) is 0. The molecule has 0 spiro atoms. The van der Waals surface area contributed by atoms with E-state index in [2.05, 4.69) is 0 Å². The van der Waals surface area contributed by atoms with E-state index in [1.54, 1.807) is 0 Å². The molecule has 0 aliphatic carbocycles. The topological polar surface area (TPSA) is 241 Å². The largest absolute Gasteiger partial charge is 3.00 e.